The van der Waals surface area contributed by atoms with Crippen molar-refractivity contribution in [2.75, 3.05) is 0 Å². The number of ketones is 1. The Morgan fingerprint density at radius 3 is 1.47 bits per heavy atom. The smallest absolute Gasteiger partial charge is 0.178 e. The Labute approximate surface area is 175 Å². The second kappa shape index (κ2) is 9.49. The zero-order chi connectivity index (χ0) is 21.6. The number of carbonyl (C=O) groups is 1. The lowest BCUT2D eigenvalue weighted by atomic mass is 9.97. The number of ether oxygens (including phenoxy) is 1. The van der Waals surface area contributed by atoms with E-state index >= 15 is 0 Å². The number of hydrogen-bond acceptors (Lipinski definition) is 6. The monoisotopic (exact) mass is 424 g/mol. The SMILES string of the molecule is O=C1C=CC(=C2C=C(c3ccccc3)OC(c3ccccc3)=C2)C=C1.[O-][Cl+3]([O-])([O-])O. The van der Waals surface area contributed by atoms with E-state index in [2.05, 4.69) is 0 Å². The predicted molar refractivity (Wildman–Crippen MR) is 102 cm³/mol. The number of allylic oxidation sites excluding steroid dienone is 8. The molecule has 0 saturated carbocycles. The molecule has 1 aliphatic carbocycles. The predicted octanol–water partition coefficient (Wildman–Crippen LogP) is 0.967. The van der Waals surface area contributed by atoms with Crippen molar-refractivity contribution in [1.82, 2.24) is 0 Å². The van der Waals surface area contributed by atoms with Gasteiger partial charge >= 0.3 is 0 Å². The first-order valence-electron chi connectivity index (χ1n) is 8.79. The Morgan fingerprint density at radius 1 is 0.667 bits per heavy atom. The number of rotatable bonds is 2. The van der Waals surface area contributed by atoms with Crippen molar-refractivity contribution in [3.63, 3.8) is 0 Å². The molecule has 0 bridgehead atoms. The maximum atomic E-state index is 11.4. The summed E-state index contributed by atoms with van der Waals surface area (Å²) >= 11 is 0. The van der Waals surface area contributed by atoms with E-state index < -0.39 is 10.2 Å². The maximum Gasteiger partial charge on any atom is 0.178 e. The Bertz CT molecular complexity index is 976. The van der Waals surface area contributed by atoms with Gasteiger partial charge in [-0.15, -0.1) is 0 Å². The summed E-state index contributed by atoms with van der Waals surface area (Å²) in [5.41, 5.74) is 4.04. The molecule has 0 radical (unpaired) electrons. The minimum Gasteiger partial charge on any atom is -0.456 e. The fourth-order valence-corrected chi connectivity index (χ4v) is 2.80. The van der Waals surface area contributed by atoms with Crippen molar-refractivity contribution in [1.29, 1.82) is 0 Å². The highest BCUT2D eigenvalue weighted by Crippen LogP contribution is 2.33. The van der Waals surface area contributed by atoms with Crippen molar-refractivity contribution >= 4 is 17.3 Å². The van der Waals surface area contributed by atoms with Gasteiger partial charge in [0.1, 0.15) is 11.5 Å². The molecule has 0 saturated heterocycles. The topological polar surface area (TPSA) is 116 Å². The Hall–Kier alpha value is -3.26. The van der Waals surface area contributed by atoms with Gasteiger partial charge in [-0.1, -0.05) is 72.8 Å². The first-order valence-corrected chi connectivity index (χ1v) is 10.1. The highest BCUT2D eigenvalue weighted by molar-refractivity contribution is 6.01. The van der Waals surface area contributed by atoms with Crippen LogP contribution >= 0.6 is 0 Å². The van der Waals surface area contributed by atoms with Crippen LogP contribution in [0.4, 0.5) is 0 Å². The average Bonchev–Trinajstić information content (AvgIpc) is 2.74. The van der Waals surface area contributed by atoms with Gasteiger partial charge in [-0.25, -0.2) is 0 Å². The molecular weight excluding hydrogens is 408 g/mol. The van der Waals surface area contributed by atoms with Gasteiger partial charge in [-0.3, -0.25) is 4.79 Å². The van der Waals surface area contributed by atoms with E-state index in [9.17, 15) is 4.79 Å². The van der Waals surface area contributed by atoms with Gasteiger partial charge in [0, 0.05) is 11.1 Å². The molecule has 7 heteroatoms. The lowest BCUT2D eigenvalue weighted by molar-refractivity contribution is -1.92. The van der Waals surface area contributed by atoms with Crippen LogP contribution in [0.25, 0.3) is 11.5 Å². The highest BCUT2D eigenvalue weighted by Gasteiger charge is 2.16. The van der Waals surface area contributed by atoms with Crippen LogP contribution in [-0.4, -0.2) is 10.4 Å². The van der Waals surface area contributed by atoms with Gasteiger partial charge in [0.05, 0.1) is 14.9 Å². The molecule has 0 amide bonds. The van der Waals surface area contributed by atoms with Crippen molar-refractivity contribution < 1.29 is 38.4 Å². The molecule has 0 spiro atoms. The van der Waals surface area contributed by atoms with Gasteiger partial charge in [-0.2, -0.15) is 14.0 Å². The number of halogens is 1. The third kappa shape index (κ3) is 6.38. The lowest BCUT2D eigenvalue weighted by Gasteiger charge is -2.20. The van der Waals surface area contributed by atoms with Gasteiger partial charge in [-0.05, 0) is 35.5 Å². The third-order valence-corrected chi connectivity index (χ3v) is 4.10. The Balaban J connectivity index is 0.000000461. The van der Waals surface area contributed by atoms with E-state index in [-0.39, 0.29) is 5.78 Å². The normalized spacial score (nSPS) is 15.7. The summed E-state index contributed by atoms with van der Waals surface area (Å²) in [4.78, 5) is 11.4. The van der Waals surface area contributed by atoms with Crippen LogP contribution in [0.2, 0.25) is 0 Å². The largest absolute Gasteiger partial charge is 0.456 e. The molecule has 1 aliphatic heterocycles. The summed E-state index contributed by atoms with van der Waals surface area (Å²) < 4.78 is 38.9. The maximum absolute atomic E-state index is 11.4. The van der Waals surface area contributed by atoms with Crippen molar-refractivity contribution in [2.45, 2.75) is 0 Å². The molecule has 0 unspecified atom stereocenters. The average molecular weight is 425 g/mol. The summed E-state index contributed by atoms with van der Waals surface area (Å²) in [6.45, 7) is 0. The molecular formula is C23H17ClO6. The van der Waals surface area contributed by atoms with E-state index in [0.717, 1.165) is 33.8 Å². The van der Waals surface area contributed by atoms with Gasteiger partial charge in [0.25, 0.3) is 0 Å². The number of carbonyl (C=O) groups excluding carboxylic acids is 1. The van der Waals surface area contributed by atoms with Crippen molar-refractivity contribution in [3.05, 3.63) is 119 Å². The Morgan fingerprint density at radius 2 is 1.07 bits per heavy atom. The summed E-state index contributed by atoms with van der Waals surface area (Å²) in [6.07, 6.45) is 10.9. The third-order valence-electron chi connectivity index (χ3n) is 4.10. The molecule has 2 aromatic rings. The van der Waals surface area contributed by atoms with Crippen LogP contribution in [0.1, 0.15) is 11.1 Å². The minimum absolute atomic E-state index is 0.0101. The fourth-order valence-electron chi connectivity index (χ4n) is 2.80. The van der Waals surface area contributed by atoms with E-state index in [4.69, 9.17) is 23.4 Å². The zero-order valence-corrected chi connectivity index (χ0v) is 16.4. The van der Waals surface area contributed by atoms with Crippen LogP contribution in [0, 0.1) is 10.2 Å². The zero-order valence-electron chi connectivity index (χ0n) is 15.6. The minimum atomic E-state index is -4.69. The molecule has 152 valence electrons. The van der Waals surface area contributed by atoms with E-state index in [0.29, 0.717) is 0 Å². The highest BCUT2D eigenvalue weighted by atomic mass is 35.7. The molecule has 2 aromatic carbocycles. The Kier molecular flexibility index (Phi) is 6.79. The van der Waals surface area contributed by atoms with Gasteiger partial charge < -0.3 is 4.74 Å². The second-order valence-corrected chi connectivity index (χ2v) is 7.02. The van der Waals surface area contributed by atoms with Crippen LogP contribution in [0.5, 0.6) is 0 Å². The summed E-state index contributed by atoms with van der Waals surface area (Å²) in [5.74, 6) is 1.60. The molecule has 1 heterocycles. The molecule has 1 N–H and O–H groups in total. The molecule has 0 atom stereocenters. The second-order valence-electron chi connectivity index (χ2n) is 6.23. The van der Waals surface area contributed by atoms with Crippen LogP contribution < -0.4 is 14.0 Å². The van der Waals surface area contributed by atoms with E-state index in [1.54, 1.807) is 12.2 Å². The van der Waals surface area contributed by atoms with Crippen LogP contribution in [0.15, 0.2) is 108 Å². The van der Waals surface area contributed by atoms with Crippen LogP contribution in [0.3, 0.4) is 0 Å². The number of hydrogen-bond donors (Lipinski definition) is 1. The first kappa shape index (κ1) is 21.4. The van der Waals surface area contributed by atoms with Gasteiger partial charge in [0.15, 0.2) is 5.78 Å². The standard InChI is InChI=1S/C23H16O2.ClHO4/c24-21-13-11-17(12-14-21)20-15-22(18-7-3-1-4-8-18)25-23(16-20)19-9-5-2-6-10-19;2-1(3,4)5/h1-16H;(H,2,3,4,5). The quantitative estimate of drug-likeness (QED) is 0.767. The van der Waals surface area contributed by atoms with E-state index in [1.807, 2.05) is 85.0 Å². The molecule has 0 fully saturated rings. The molecule has 30 heavy (non-hydrogen) atoms. The van der Waals surface area contributed by atoms with Gasteiger partial charge in [0.2, 0.25) is 0 Å². The molecule has 4 rings (SSSR count). The summed E-state index contributed by atoms with van der Waals surface area (Å²) in [6, 6.07) is 20.0. The first-order chi connectivity index (χ1) is 14.3. The van der Waals surface area contributed by atoms with Crippen LogP contribution in [-0.2, 0) is 9.53 Å². The van der Waals surface area contributed by atoms with E-state index in [1.165, 1.54) is 0 Å². The summed E-state index contributed by atoms with van der Waals surface area (Å²) in [5, 5.41) is 0. The summed E-state index contributed by atoms with van der Waals surface area (Å²) in [7, 11) is -4.69. The molecule has 6 nitrogen and oxygen atoms in total. The lowest BCUT2D eigenvalue weighted by Crippen LogP contribution is -2.58. The molecule has 0 aromatic heterocycles. The molecule has 2 aliphatic rings. The van der Waals surface area contributed by atoms with Crippen molar-refractivity contribution in [2.24, 2.45) is 0 Å². The fraction of sp³-hybridized carbons (Fsp3) is 0. The number of benzene rings is 2. The van der Waals surface area contributed by atoms with Crippen molar-refractivity contribution in [3.8, 4) is 0 Å².